The molecule has 4 rings (SSSR count). The number of phenolic OH excluding ortho intramolecular Hbond substituents is 1. The maximum absolute atomic E-state index is 12.9. The van der Waals surface area contributed by atoms with Crippen molar-refractivity contribution in [2.24, 2.45) is 0 Å². The Hall–Kier alpha value is -4.79. The molecule has 0 radical (unpaired) electrons. The molecule has 0 heterocycles. The van der Waals surface area contributed by atoms with Crippen LogP contribution in [0.1, 0.15) is 45.5 Å². The first-order chi connectivity index (χ1) is 20.0. The highest BCUT2D eigenvalue weighted by molar-refractivity contribution is 6.09. The minimum absolute atomic E-state index is 0.0115. The highest BCUT2D eigenvalue weighted by Crippen LogP contribution is 2.15. The Morgan fingerprint density at radius 2 is 1.15 bits per heavy atom. The number of hydrogen-bond donors (Lipinski definition) is 2. The number of carbonyl (C=O) groups is 3. The predicted molar refractivity (Wildman–Crippen MR) is 151 cm³/mol. The number of benzene rings is 4. The van der Waals surface area contributed by atoms with E-state index in [1.54, 1.807) is 36.4 Å². The SMILES string of the molecule is O=C(CC[C@H](NOCc1ccc(C(=O)c2ccc(O)cc2)cc1)C(=O)OCc1ccccc1)OCc1ccccc1. The van der Waals surface area contributed by atoms with Gasteiger partial charge in [0, 0.05) is 17.5 Å². The molecule has 2 N–H and O–H groups in total. The van der Waals surface area contributed by atoms with E-state index in [0.717, 1.165) is 16.7 Å². The number of ether oxygens (including phenoxy) is 2. The Labute approximate surface area is 238 Å². The van der Waals surface area contributed by atoms with Crippen LogP contribution in [0.3, 0.4) is 0 Å². The van der Waals surface area contributed by atoms with E-state index in [9.17, 15) is 19.5 Å². The summed E-state index contributed by atoms with van der Waals surface area (Å²) in [6, 6.07) is 30.6. The monoisotopic (exact) mass is 553 g/mol. The number of aromatic hydroxyl groups is 1. The van der Waals surface area contributed by atoms with Crippen LogP contribution in [0.2, 0.25) is 0 Å². The van der Waals surface area contributed by atoms with Crippen molar-refractivity contribution in [2.75, 3.05) is 0 Å². The number of phenols is 1. The molecule has 8 heteroatoms. The molecule has 0 aliphatic rings. The zero-order valence-corrected chi connectivity index (χ0v) is 22.4. The van der Waals surface area contributed by atoms with Crippen LogP contribution in [0.5, 0.6) is 5.75 Å². The van der Waals surface area contributed by atoms with Gasteiger partial charge < -0.3 is 14.6 Å². The van der Waals surface area contributed by atoms with Gasteiger partial charge >= 0.3 is 11.9 Å². The fraction of sp³-hybridized carbons (Fsp3) is 0.182. The largest absolute Gasteiger partial charge is 0.508 e. The second-order valence-corrected chi connectivity index (χ2v) is 9.31. The maximum atomic E-state index is 12.9. The number of carbonyl (C=O) groups excluding carboxylic acids is 3. The fourth-order valence-corrected chi connectivity index (χ4v) is 3.88. The summed E-state index contributed by atoms with van der Waals surface area (Å²) in [6.07, 6.45) is 0.101. The molecule has 41 heavy (non-hydrogen) atoms. The first-order valence-electron chi connectivity index (χ1n) is 13.2. The highest BCUT2D eigenvalue weighted by atomic mass is 16.6. The molecule has 4 aromatic carbocycles. The van der Waals surface area contributed by atoms with Gasteiger partial charge in [-0.2, -0.15) is 5.48 Å². The lowest BCUT2D eigenvalue weighted by atomic mass is 10.0. The molecule has 0 aliphatic heterocycles. The van der Waals surface area contributed by atoms with E-state index in [-0.39, 0.29) is 44.2 Å². The lowest BCUT2D eigenvalue weighted by Gasteiger charge is -2.17. The molecule has 0 fully saturated rings. The molecule has 0 bridgehead atoms. The molecule has 0 spiro atoms. The van der Waals surface area contributed by atoms with Crippen LogP contribution in [0.4, 0.5) is 0 Å². The van der Waals surface area contributed by atoms with Crippen LogP contribution in [0.25, 0.3) is 0 Å². The van der Waals surface area contributed by atoms with Gasteiger partial charge in [0.2, 0.25) is 0 Å². The van der Waals surface area contributed by atoms with Crippen LogP contribution < -0.4 is 5.48 Å². The molecular weight excluding hydrogens is 522 g/mol. The van der Waals surface area contributed by atoms with Crippen molar-refractivity contribution in [2.45, 2.75) is 38.7 Å². The molecule has 0 aromatic heterocycles. The molecule has 0 amide bonds. The minimum atomic E-state index is -0.904. The molecule has 0 unspecified atom stereocenters. The second kappa shape index (κ2) is 15.1. The lowest BCUT2D eigenvalue weighted by Crippen LogP contribution is -2.38. The zero-order valence-electron chi connectivity index (χ0n) is 22.4. The van der Waals surface area contributed by atoms with E-state index in [4.69, 9.17) is 14.3 Å². The summed E-state index contributed by atoms with van der Waals surface area (Å²) in [7, 11) is 0. The first kappa shape index (κ1) is 29.2. The van der Waals surface area contributed by atoms with Gasteiger partial charge in [-0.1, -0.05) is 84.9 Å². The Kier molecular flexibility index (Phi) is 10.8. The van der Waals surface area contributed by atoms with E-state index in [0.29, 0.717) is 11.1 Å². The van der Waals surface area contributed by atoms with Crippen molar-refractivity contribution in [3.63, 3.8) is 0 Å². The number of nitrogens with one attached hydrogen (secondary N) is 1. The summed E-state index contributed by atoms with van der Waals surface area (Å²) in [4.78, 5) is 43.4. The predicted octanol–water partition coefficient (Wildman–Crippen LogP) is 5.28. The van der Waals surface area contributed by atoms with Crippen LogP contribution in [0, 0.1) is 0 Å². The van der Waals surface area contributed by atoms with Crippen LogP contribution in [-0.2, 0) is 43.7 Å². The standard InChI is InChI=1S/C33H31NO7/c35-29-17-15-28(16-18-29)32(37)27-13-11-26(12-14-27)23-41-34-30(33(38)40-22-25-9-5-2-6-10-25)19-20-31(36)39-21-24-7-3-1-4-8-24/h1-18,30,34-35H,19-23H2/t30-/m0/s1. The number of ketones is 1. The fourth-order valence-electron chi connectivity index (χ4n) is 3.88. The van der Waals surface area contributed by atoms with Gasteiger partial charge in [0.05, 0.1) is 6.61 Å². The normalized spacial score (nSPS) is 11.4. The van der Waals surface area contributed by atoms with E-state index >= 15 is 0 Å². The Morgan fingerprint density at radius 1 is 0.634 bits per heavy atom. The van der Waals surface area contributed by atoms with E-state index < -0.39 is 18.0 Å². The quantitative estimate of drug-likeness (QED) is 0.123. The van der Waals surface area contributed by atoms with Crippen molar-refractivity contribution in [1.82, 2.24) is 5.48 Å². The smallest absolute Gasteiger partial charge is 0.325 e. The summed E-state index contributed by atoms with van der Waals surface area (Å²) in [6.45, 7) is 0.347. The third-order valence-electron chi connectivity index (χ3n) is 6.20. The Morgan fingerprint density at radius 3 is 1.73 bits per heavy atom. The number of hydroxylamine groups is 1. The van der Waals surface area contributed by atoms with Gasteiger partial charge in [0.25, 0.3) is 0 Å². The number of esters is 2. The Bertz CT molecular complexity index is 1410. The molecule has 1 atom stereocenters. The van der Waals surface area contributed by atoms with Gasteiger partial charge in [-0.05, 0) is 47.4 Å². The van der Waals surface area contributed by atoms with Gasteiger partial charge in [-0.3, -0.25) is 19.2 Å². The molecule has 0 saturated carbocycles. The lowest BCUT2D eigenvalue weighted by molar-refractivity contribution is -0.154. The molecule has 210 valence electrons. The van der Waals surface area contributed by atoms with Crippen molar-refractivity contribution in [3.8, 4) is 5.75 Å². The van der Waals surface area contributed by atoms with Gasteiger partial charge in [-0.15, -0.1) is 0 Å². The zero-order chi connectivity index (χ0) is 28.9. The average molecular weight is 554 g/mol. The molecule has 8 nitrogen and oxygen atoms in total. The maximum Gasteiger partial charge on any atom is 0.325 e. The summed E-state index contributed by atoms with van der Waals surface area (Å²) in [5.74, 6) is -1.08. The molecular formula is C33H31NO7. The summed E-state index contributed by atoms with van der Waals surface area (Å²) < 4.78 is 10.8. The summed E-state index contributed by atoms with van der Waals surface area (Å²) >= 11 is 0. The van der Waals surface area contributed by atoms with E-state index in [1.807, 2.05) is 60.7 Å². The van der Waals surface area contributed by atoms with E-state index in [2.05, 4.69) is 5.48 Å². The highest BCUT2D eigenvalue weighted by Gasteiger charge is 2.22. The first-order valence-corrected chi connectivity index (χ1v) is 13.2. The number of hydrogen-bond acceptors (Lipinski definition) is 8. The van der Waals surface area contributed by atoms with Gasteiger partial charge in [0.1, 0.15) is 25.0 Å². The van der Waals surface area contributed by atoms with Crippen molar-refractivity contribution >= 4 is 17.7 Å². The average Bonchev–Trinajstić information content (AvgIpc) is 3.02. The summed E-state index contributed by atoms with van der Waals surface area (Å²) in [5, 5.41) is 9.43. The van der Waals surface area contributed by atoms with Crippen molar-refractivity contribution < 1.29 is 33.8 Å². The molecule has 0 aliphatic carbocycles. The summed E-state index contributed by atoms with van der Waals surface area (Å²) in [5.41, 5.74) is 6.16. The van der Waals surface area contributed by atoms with Crippen LogP contribution in [0.15, 0.2) is 109 Å². The molecule has 4 aromatic rings. The third-order valence-corrected chi connectivity index (χ3v) is 6.20. The second-order valence-electron chi connectivity index (χ2n) is 9.31. The van der Waals surface area contributed by atoms with Crippen LogP contribution >= 0.6 is 0 Å². The van der Waals surface area contributed by atoms with E-state index in [1.165, 1.54) is 12.1 Å². The topological polar surface area (TPSA) is 111 Å². The minimum Gasteiger partial charge on any atom is -0.508 e. The van der Waals surface area contributed by atoms with Gasteiger partial charge in [-0.25, -0.2) is 0 Å². The van der Waals surface area contributed by atoms with Gasteiger partial charge in [0.15, 0.2) is 5.78 Å². The van der Waals surface area contributed by atoms with Crippen molar-refractivity contribution in [1.29, 1.82) is 0 Å². The Balaban J connectivity index is 1.30. The third kappa shape index (κ3) is 9.42. The molecule has 0 saturated heterocycles. The van der Waals surface area contributed by atoms with Crippen molar-refractivity contribution in [3.05, 3.63) is 137 Å². The van der Waals surface area contributed by atoms with Crippen LogP contribution in [-0.4, -0.2) is 28.9 Å². The number of rotatable bonds is 14.